The molecule has 2 aromatic carbocycles. The van der Waals surface area contributed by atoms with Crippen molar-refractivity contribution in [1.29, 1.82) is 0 Å². The first-order valence-electron chi connectivity index (χ1n) is 9.40. The molecule has 154 valence electrons. The van der Waals surface area contributed by atoms with E-state index in [2.05, 4.69) is 5.32 Å². The van der Waals surface area contributed by atoms with E-state index in [1.807, 2.05) is 37.3 Å². The number of carbonyl (C=O) groups excluding carboxylic acids is 2. The number of aryl methyl sites for hydroxylation is 1. The molecule has 0 bridgehead atoms. The van der Waals surface area contributed by atoms with Crippen LogP contribution in [0.15, 0.2) is 36.4 Å². The van der Waals surface area contributed by atoms with Crippen molar-refractivity contribution in [1.82, 2.24) is 5.32 Å². The normalized spacial score (nSPS) is 15.9. The van der Waals surface area contributed by atoms with Crippen molar-refractivity contribution >= 4 is 17.5 Å². The number of anilines is 1. The zero-order valence-corrected chi connectivity index (χ0v) is 17.2. The second-order valence-electron chi connectivity index (χ2n) is 6.99. The molecule has 1 atom stereocenters. The summed E-state index contributed by atoms with van der Waals surface area (Å²) in [7, 11) is 4.71. The van der Waals surface area contributed by atoms with Crippen LogP contribution in [0.25, 0.3) is 0 Å². The Bertz CT molecular complexity index is 912. The van der Waals surface area contributed by atoms with Gasteiger partial charge in [-0.2, -0.15) is 0 Å². The van der Waals surface area contributed by atoms with Gasteiger partial charge in [0.1, 0.15) is 5.75 Å². The van der Waals surface area contributed by atoms with Crippen LogP contribution >= 0.6 is 0 Å². The smallest absolute Gasteiger partial charge is 0.227 e. The minimum atomic E-state index is -0.409. The molecule has 1 aliphatic heterocycles. The monoisotopic (exact) mass is 398 g/mol. The Hall–Kier alpha value is -3.22. The van der Waals surface area contributed by atoms with Gasteiger partial charge in [0.05, 0.1) is 32.9 Å². The highest BCUT2D eigenvalue weighted by Crippen LogP contribution is 2.34. The Morgan fingerprint density at radius 1 is 1.03 bits per heavy atom. The summed E-state index contributed by atoms with van der Waals surface area (Å²) in [5.41, 5.74) is 2.61. The van der Waals surface area contributed by atoms with Crippen molar-refractivity contribution < 1.29 is 23.8 Å². The van der Waals surface area contributed by atoms with Gasteiger partial charge in [-0.15, -0.1) is 0 Å². The van der Waals surface area contributed by atoms with Crippen LogP contribution < -0.4 is 24.4 Å². The number of hydrogen-bond donors (Lipinski definition) is 1. The fourth-order valence-electron chi connectivity index (χ4n) is 3.45. The fraction of sp³-hybridized carbons (Fsp3) is 0.364. The summed E-state index contributed by atoms with van der Waals surface area (Å²) < 4.78 is 15.9. The molecule has 0 spiro atoms. The third-order valence-electron chi connectivity index (χ3n) is 5.04. The number of rotatable bonds is 7. The number of nitrogens with one attached hydrogen (secondary N) is 1. The van der Waals surface area contributed by atoms with Gasteiger partial charge in [-0.05, 0) is 42.3 Å². The van der Waals surface area contributed by atoms with Crippen LogP contribution in [-0.4, -0.2) is 39.7 Å². The third kappa shape index (κ3) is 4.45. The molecule has 0 aromatic heterocycles. The van der Waals surface area contributed by atoms with Crippen molar-refractivity contribution in [3.8, 4) is 17.2 Å². The second-order valence-corrected chi connectivity index (χ2v) is 6.99. The summed E-state index contributed by atoms with van der Waals surface area (Å²) in [6, 6.07) is 11.2. The molecule has 7 nitrogen and oxygen atoms in total. The van der Waals surface area contributed by atoms with Crippen LogP contribution in [-0.2, 0) is 16.1 Å². The SMILES string of the molecule is COc1ccc(CNC(=O)[C@@H]2CC(=O)N(c3cc(C)ccc3OC)C2)cc1OC. The van der Waals surface area contributed by atoms with E-state index in [1.54, 1.807) is 32.3 Å². The Kier molecular flexibility index (Phi) is 6.26. The molecule has 1 saturated heterocycles. The molecule has 1 N–H and O–H groups in total. The molecule has 1 fully saturated rings. The number of ether oxygens (including phenoxy) is 3. The van der Waals surface area contributed by atoms with Crippen molar-refractivity contribution in [2.75, 3.05) is 32.8 Å². The van der Waals surface area contributed by atoms with E-state index in [-0.39, 0.29) is 18.2 Å². The van der Waals surface area contributed by atoms with Crippen LogP contribution in [0.2, 0.25) is 0 Å². The third-order valence-corrected chi connectivity index (χ3v) is 5.04. The predicted molar refractivity (Wildman–Crippen MR) is 110 cm³/mol. The van der Waals surface area contributed by atoms with Crippen LogP contribution in [0.5, 0.6) is 17.2 Å². The highest BCUT2D eigenvalue weighted by Gasteiger charge is 2.36. The summed E-state index contributed by atoms with van der Waals surface area (Å²) in [5, 5.41) is 2.92. The molecule has 0 aliphatic carbocycles. The van der Waals surface area contributed by atoms with Crippen molar-refractivity contribution in [2.45, 2.75) is 19.9 Å². The van der Waals surface area contributed by atoms with Crippen molar-refractivity contribution in [3.05, 3.63) is 47.5 Å². The van der Waals surface area contributed by atoms with Crippen LogP contribution in [0.4, 0.5) is 5.69 Å². The summed E-state index contributed by atoms with van der Waals surface area (Å²) in [6.07, 6.45) is 0.175. The average Bonchev–Trinajstić information content (AvgIpc) is 3.13. The molecular weight excluding hydrogens is 372 g/mol. The van der Waals surface area contributed by atoms with Crippen LogP contribution in [0.3, 0.4) is 0 Å². The Labute approximate surface area is 170 Å². The summed E-state index contributed by atoms with van der Waals surface area (Å²) >= 11 is 0. The van der Waals surface area contributed by atoms with Crippen LogP contribution in [0, 0.1) is 12.8 Å². The maximum absolute atomic E-state index is 12.7. The number of nitrogens with zero attached hydrogens (tertiary/aromatic N) is 1. The zero-order valence-electron chi connectivity index (χ0n) is 17.2. The van der Waals surface area contributed by atoms with E-state index in [4.69, 9.17) is 14.2 Å². The van der Waals surface area contributed by atoms with E-state index in [1.165, 1.54) is 0 Å². The predicted octanol–water partition coefficient (Wildman–Crippen LogP) is 2.69. The Balaban J connectivity index is 1.66. The van der Waals surface area contributed by atoms with E-state index < -0.39 is 5.92 Å². The van der Waals surface area contributed by atoms with E-state index in [0.29, 0.717) is 36.0 Å². The minimum Gasteiger partial charge on any atom is -0.495 e. The molecule has 0 radical (unpaired) electrons. The topological polar surface area (TPSA) is 77.1 Å². The summed E-state index contributed by atoms with van der Waals surface area (Å²) in [4.78, 5) is 26.9. The molecular formula is C22H26N2O5. The molecule has 0 saturated carbocycles. The zero-order chi connectivity index (χ0) is 21.0. The van der Waals surface area contributed by atoms with Gasteiger partial charge in [0, 0.05) is 19.5 Å². The first kappa shape index (κ1) is 20.5. The summed E-state index contributed by atoms with van der Waals surface area (Å²) in [6.45, 7) is 2.63. The molecule has 2 amide bonds. The molecule has 29 heavy (non-hydrogen) atoms. The van der Waals surface area contributed by atoms with Crippen molar-refractivity contribution in [2.24, 2.45) is 5.92 Å². The number of benzene rings is 2. The van der Waals surface area contributed by atoms with E-state index in [0.717, 1.165) is 11.1 Å². The fourth-order valence-corrected chi connectivity index (χ4v) is 3.45. The van der Waals surface area contributed by atoms with Gasteiger partial charge in [0.2, 0.25) is 11.8 Å². The highest BCUT2D eigenvalue weighted by atomic mass is 16.5. The molecule has 7 heteroatoms. The largest absolute Gasteiger partial charge is 0.495 e. The maximum atomic E-state index is 12.7. The van der Waals surface area contributed by atoms with Gasteiger partial charge < -0.3 is 24.4 Å². The first-order chi connectivity index (χ1) is 14.0. The maximum Gasteiger partial charge on any atom is 0.227 e. The highest BCUT2D eigenvalue weighted by molar-refractivity contribution is 6.01. The lowest BCUT2D eigenvalue weighted by Gasteiger charge is -2.20. The average molecular weight is 398 g/mol. The molecule has 1 aliphatic rings. The number of carbonyl (C=O) groups is 2. The lowest BCUT2D eigenvalue weighted by molar-refractivity contribution is -0.126. The van der Waals surface area contributed by atoms with Gasteiger partial charge in [-0.25, -0.2) is 0 Å². The van der Waals surface area contributed by atoms with Gasteiger partial charge in [-0.1, -0.05) is 12.1 Å². The lowest BCUT2D eigenvalue weighted by Crippen LogP contribution is -2.32. The standard InChI is InChI=1S/C22H26N2O5/c1-14-5-7-18(27-2)17(9-14)24-13-16(11-21(24)25)22(26)23-12-15-6-8-19(28-3)20(10-15)29-4/h5-10,16H,11-13H2,1-4H3,(H,23,26)/t16-/m1/s1. The number of methoxy groups -OCH3 is 3. The molecule has 1 heterocycles. The number of amides is 2. The van der Waals surface area contributed by atoms with Gasteiger partial charge in [0.15, 0.2) is 11.5 Å². The second kappa shape index (κ2) is 8.86. The molecule has 2 aromatic rings. The number of hydrogen-bond acceptors (Lipinski definition) is 5. The van der Waals surface area contributed by atoms with Gasteiger partial charge in [0.25, 0.3) is 0 Å². The Morgan fingerprint density at radius 3 is 2.41 bits per heavy atom. The first-order valence-corrected chi connectivity index (χ1v) is 9.40. The van der Waals surface area contributed by atoms with Gasteiger partial charge >= 0.3 is 0 Å². The molecule has 0 unspecified atom stereocenters. The quantitative estimate of drug-likeness (QED) is 0.776. The van der Waals surface area contributed by atoms with Gasteiger partial charge in [-0.3, -0.25) is 9.59 Å². The summed E-state index contributed by atoms with van der Waals surface area (Å²) in [5.74, 6) is 1.21. The van der Waals surface area contributed by atoms with E-state index in [9.17, 15) is 9.59 Å². The molecule has 3 rings (SSSR count). The lowest BCUT2D eigenvalue weighted by atomic mass is 10.1. The van der Waals surface area contributed by atoms with Crippen molar-refractivity contribution in [3.63, 3.8) is 0 Å². The minimum absolute atomic E-state index is 0.0832. The van der Waals surface area contributed by atoms with Crippen LogP contribution in [0.1, 0.15) is 17.5 Å². The van der Waals surface area contributed by atoms with E-state index >= 15 is 0 Å². The Morgan fingerprint density at radius 2 is 1.72 bits per heavy atom.